The lowest BCUT2D eigenvalue weighted by molar-refractivity contribution is -0.114. The molecule has 0 unspecified atom stereocenters. The van der Waals surface area contributed by atoms with Gasteiger partial charge < -0.3 is 4.90 Å². The van der Waals surface area contributed by atoms with Crippen molar-refractivity contribution in [2.24, 2.45) is 0 Å². The molecule has 108 valence electrons. The van der Waals surface area contributed by atoms with E-state index in [9.17, 15) is 4.79 Å². The smallest absolute Gasteiger partial charge is 0.250 e. The van der Waals surface area contributed by atoms with Gasteiger partial charge in [0.25, 0.3) is 5.91 Å². The molecule has 0 aliphatic carbocycles. The summed E-state index contributed by atoms with van der Waals surface area (Å²) in [7, 11) is 0. The fourth-order valence-corrected chi connectivity index (χ4v) is 2.26. The van der Waals surface area contributed by atoms with E-state index in [1.807, 2.05) is 72.5 Å². The molecule has 0 atom stereocenters. The van der Waals surface area contributed by atoms with Crippen LogP contribution in [-0.2, 0) is 4.79 Å². The second-order valence-electron chi connectivity index (χ2n) is 5.02. The van der Waals surface area contributed by atoms with Gasteiger partial charge in [0.1, 0.15) is 0 Å². The van der Waals surface area contributed by atoms with Crippen molar-refractivity contribution in [1.82, 2.24) is 0 Å². The van der Waals surface area contributed by atoms with E-state index < -0.39 is 0 Å². The van der Waals surface area contributed by atoms with Crippen LogP contribution in [0.1, 0.15) is 24.5 Å². The van der Waals surface area contributed by atoms with Crippen molar-refractivity contribution in [3.8, 4) is 0 Å². The van der Waals surface area contributed by atoms with Crippen molar-refractivity contribution in [3.63, 3.8) is 0 Å². The Labute approximate surface area is 126 Å². The summed E-state index contributed by atoms with van der Waals surface area (Å²) in [6.45, 7) is 4.84. The minimum absolute atomic E-state index is 0.0232. The molecule has 0 saturated heterocycles. The molecule has 0 aliphatic rings. The minimum Gasteiger partial charge on any atom is -0.309 e. The Morgan fingerprint density at radius 3 is 2.38 bits per heavy atom. The van der Waals surface area contributed by atoms with Crippen LogP contribution in [0.25, 0.3) is 6.08 Å². The first-order valence-corrected chi connectivity index (χ1v) is 7.32. The standard InChI is InChI=1S/C19H21NO/c1-3-15-20(18-12-8-7-9-16(18)2)19(21)14-13-17-10-5-4-6-11-17/h4-14H,3,15H2,1-2H3/b14-13+. The molecule has 0 radical (unpaired) electrons. The highest BCUT2D eigenvalue weighted by molar-refractivity contribution is 6.04. The van der Waals surface area contributed by atoms with Gasteiger partial charge in [-0.05, 0) is 36.6 Å². The zero-order chi connectivity index (χ0) is 15.1. The number of rotatable bonds is 5. The van der Waals surface area contributed by atoms with Gasteiger partial charge in [0.05, 0.1) is 0 Å². The molecular weight excluding hydrogens is 258 g/mol. The van der Waals surface area contributed by atoms with Gasteiger partial charge in [-0.15, -0.1) is 0 Å². The molecule has 0 N–H and O–H groups in total. The van der Waals surface area contributed by atoms with Crippen LogP contribution in [0, 0.1) is 6.92 Å². The first-order chi connectivity index (χ1) is 10.2. The summed E-state index contributed by atoms with van der Waals surface area (Å²) in [6.07, 6.45) is 4.44. The van der Waals surface area contributed by atoms with Crippen LogP contribution in [0.3, 0.4) is 0 Å². The van der Waals surface area contributed by atoms with Gasteiger partial charge in [0, 0.05) is 18.3 Å². The number of amides is 1. The first-order valence-electron chi connectivity index (χ1n) is 7.32. The van der Waals surface area contributed by atoms with Gasteiger partial charge in [-0.1, -0.05) is 55.5 Å². The highest BCUT2D eigenvalue weighted by Gasteiger charge is 2.13. The summed E-state index contributed by atoms with van der Waals surface area (Å²) in [5.74, 6) is 0.0232. The van der Waals surface area contributed by atoms with Crippen LogP contribution in [0.5, 0.6) is 0 Å². The normalized spacial score (nSPS) is 10.8. The van der Waals surface area contributed by atoms with Crippen molar-refractivity contribution >= 4 is 17.7 Å². The lowest BCUT2D eigenvalue weighted by atomic mass is 10.1. The highest BCUT2D eigenvalue weighted by atomic mass is 16.2. The van der Waals surface area contributed by atoms with Gasteiger partial charge >= 0.3 is 0 Å². The Bertz CT molecular complexity index is 616. The number of hydrogen-bond acceptors (Lipinski definition) is 1. The Balaban J connectivity index is 2.20. The second kappa shape index (κ2) is 7.44. The minimum atomic E-state index is 0.0232. The number of carbonyl (C=O) groups excluding carboxylic acids is 1. The number of para-hydroxylation sites is 1. The topological polar surface area (TPSA) is 20.3 Å². The molecule has 0 fully saturated rings. The van der Waals surface area contributed by atoms with Crippen LogP contribution in [0.2, 0.25) is 0 Å². The summed E-state index contributed by atoms with van der Waals surface area (Å²) in [4.78, 5) is 14.3. The maximum absolute atomic E-state index is 12.5. The summed E-state index contributed by atoms with van der Waals surface area (Å²) < 4.78 is 0. The Hall–Kier alpha value is -2.35. The second-order valence-corrected chi connectivity index (χ2v) is 5.02. The number of hydrogen-bond donors (Lipinski definition) is 0. The molecule has 2 heteroatoms. The summed E-state index contributed by atoms with van der Waals surface area (Å²) in [6, 6.07) is 17.9. The fourth-order valence-electron chi connectivity index (χ4n) is 2.26. The predicted molar refractivity (Wildman–Crippen MR) is 89.3 cm³/mol. The van der Waals surface area contributed by atoms with Gasteiger partial charge in [0.2, 0.25) is 0 Å². The largest absolute Gasteiger partial charge is 0.309 e. The number of anilines is 1. The average molecular weight is 279 g/mol. The predicted octanol–water partition coefficient (Wildman–Crippen LogP) is 4.45. The molecule has 2 rings (SSSR count). The molecule has 0 aliphatic heterocycles. The third-order valence-corrected chi connectivity index (χ3v) is 3.34. The van der Waals surface area contributed by atoms with E-state index in [4.69, 9.17) is 0 Å². The third kappa shape index (κ3) is 4.06. The van der Waals surface area contributed by atoms with E-state index in [0.717, 1.165) is 29.8 Å². The molecule has 0 saturated carbocycles. The first kappa shape index (κ1) is 15.0. The van der Waals surface area contributed by atoms with Crippen LogP contribution in [-0.4, -0.2) is 12.5 Å². The average Bonchev–Trinajstić information content (AvgIpc) is 2.52. The van der Waals surface area contributed by atoms with Crippen molar-refractivity contribution in [2.45, 2.75) is 20.3 Å². The van der Waals surface area contributed by atoms with Crippen molar-refractivity contribution in [3.05, 3.63) is 71.8 Å². The van der Waals surface area contributed by atoms with E-state index in [-0.39, 0.29) is 5.91 Å². The highest BCUT2D eigenvalue weighted by Crippen LogP contribution is 2.20. The molecule has 2 nitrogen and oxygen atoms in total. The Morgan fingerprint density at radius 2 is 1.71 bits per heavy atom. The molecule has 0 aromatic heterocycles. The number of carbonyl (C=O) groups is 1. The van der Waals surface area contributed by atoms with E-state index in [0.29, 0.717) is 0 Å². The van der Waals surface area contributed by atoms with Gasteiger partial charge in [-0.3, -0.25) is 4.79 Å². The van der Waals surface area contributed by atoms with Gasteiger partial charge in [0.15, 0.2) is 0 Å². The van der Waals surface area contributed by atoms with Crippen LogP contribution in [0.15, 0.2) is 60.7 Å². The van der Waals surface area contributed by atoms with E-state index in [2.05, 4.69) is 6.92 Å². The molecule has 1 amide bonds. The fraction of sp³-hybridized carbons (Fsp3) is 0.211. The van der Waals surface area contributed by atoms with Crippen molar-refractivity contribution < 1.29 is 4.79 Å². The van der Waals surface area contributed by atoms with Crippen LogP contribution >= 0.6 is 0 Å². The van der Waals surface area contributed by atoms with Crippen LogP contribution in [0.4, 0.5) is 5.69 Å². The molecule has 0 spiro atoms. The summed E-state index contributed by atoms with van der Waals surface area (Å²) in [5.41, 5.74) is 3.14. The number of benzene rings is 2. The molecule has 2 aromatic rings. The lowest BCUT2D eigenvalue weighted by Gasteiger charge is -2.22. The quantitative estimate of drug-likeness (QED) is 0.740. The Kier molecular flexibility index (Phi) is 5.33. The van der Waals surface area contributed by atoms with E-state index in [1.165, 1.54) is 0 Å². The van der Waals surface area contributed by atoms with E-state index in [1.54, 1.807) is 6.08 Å². The summed E-state index contributed by atoms with van der Waals surface area (Å²) in [5, 5.41) is 0. The maximum atomic E-state index is 12.5. The SMILES string of the molecule is CCCN(C(=O)/C=C/c1ccccc1)c1ccccc1C. The summed E-state index contributed by atoms with van der Waals surface area (Å²) >= 11 is 0. The maximum Gasteiger partial charge on any atom is 0.250 e. The van der Waals surface area contributed by atoms with Crippen molar-refractivity contribution in [1.29, 1.82) is 0 Å². The van der Waals surface area contributed by atoms with Gasteiger partial charge in [-0.2, -0.15) is 0 Å². The molecule has 0 heterocycles. The lowest BCUT2D eigenvalue weighted by Crippen LogP contribution is -2.30. The molecule has 2 aromatic carbocycles. The monoisotopic (exact) mass is 279 g/mol. The van der Waals surface area contributed by atoms with Crippen LogP contribution < -0.4 is 4.90 Å². The number of nitrogens with zero attached hydrogens (tertiary/aromatic N) is 1. The zero-order valence-electron chi connectivity index (χ0n) is 12.6. The molecular formula is C19H21NO. The number of aryl methyl sites for hydroxylation is 1. The Morgan fingerprint density at radius 1 is 1.05 bits per heavy atom. The zero-order valence-corrected chi connectivity index (χ0v) is 12.6. The van der Waals surface area contributed by atoms with E-state index >= 15 is 0 Å². The van der Waals surface area contributed by atoms with Gasteiger partial charge in [-0.25, -0.2) is 0 Å². The molecule has 0 bridgehead atoms. The third-order valence-electron chi connectivity index (χ3n) is 3.34. The van der Waals surface area contributed by atoms with Crippen molar-refractivity contribution in [2.75, 3.05) is 11.4 Å². The molecule has 21 heavy (non-hydrogen) atoms.